The monoisotopic (exact) mass is 444 g/mol. The van der Waals surface area contributed by atoms with Gasteiger partial charge in [-0.1, -0.05) is 66.7 Å². The molecule has 0 spiro atoms. The lowest BCUT2D eigenvalue weighted by atomic mass is 9.97. The second-order valence-corrected chi connectivity index (χ2v) is 9.77. The number of nitrogens with zero attached hydrogens (tertiary/aromatic N) is 2. The molecule has 172 valence electrons. The van der Waals surface area contributed by atoms with E-state index in [0.717, 1.165) is 22.8 Å². The molecular formula is C28H32N2O3. The third-order valence-electron chi connectivity index (χ3n) is 6.12. The van der Waals surface area contributed by atoms with Crippen LogP contribution in [-0.2, 0) is 28.9 Å². The van der Waals surface area contributed by atoms with Crippen LogP contribution in [0.1, 0.15) is 37.5 Å². The van der Waals surface area contributed by atoms with Gasteiger partial charge in [-0.25, -0.2) is 4.79 Å². The van der Waals surface area contributed by atoms with E-state index in [1.165, 1.54) is 16.0 Å². The van der Waals surface area contributed by atoms with E-state index in [2.05, 4.69) is 36.4 Å². The van der Waals surface area contributed by atoms with Gasteiger partial charge in [0.25, 0.3) is 0 Å². The molecule has 33 heavy (non-hydrogen) atoms. The average Bonchev–Trinajstić information content (AvgIpc) is 2.80. The van der Waals surface area contributed by atoms with Crippen LogP contribution < -0.4 is 0 Å². The summed E-state index contributed by atoms with van der Waals surface area (Å²) in [4.78, 5) is 30.0. The van der Waals surface area contributed by atoms with Gasteiger partial charge in [-0.15, -0.1) is 0 Å². The SMILES string of the molecule is CN(C(=O)OC(C)(C)C)C(Cc1ccc2ccccc2c1)C(=O)N1CCc2ccccc2C1. The van der Waals surface area contributed by atoms with E-state index in [-0.39, 0.29) is 5.91 Å². The molecule has 4 rings (SSSR count). The zero-order valence-corrected chi connectivity index (χ0v) is 19.9. The minimum absolute atomic E-state index is 0.0500. The van der Waals surface area contributed by atoms with Crippen molar-refractivity contribution >= 4 is 22.8 Å². The second kappa shape index (κ2) is 9.26. The average molecular weight is 445 g/mol. The number of hydrogen-bond donors (Lipinski definition) is 0. The zero-order valence-electron chi connectivity index (χ0n) is 19.9. The maximum atomic E-state index is 13.8. The van der Waals surface area contributed by atoms with Crippen molar-refractivity contribution in [3.05, 3.63) is 83.4 Å². The number of carbonyl (C=O) groups excluding carboxylic acids is 2. The number of fused-ring (bicyclic) bond motifs is 2. The third kappa shape index (κ3) is 5.36. The Morgan fingerprint density at radius 2 is 1.64 bits per heavy atom. The Balaban J connectivity index is 1.61. The molecule has 2 amide bonds. The highest BCUT2D eigenvalue weighted by molar-refractivity contribution is 5.87. The fourth-order valence-electron chi connectivity index (χ4n) is 4.33. The molecule has 3 aromatic rings. The van der Waals surface area contributed by atoms with Gasteiger partial charge in [0.1, 0.15) is 11.6 Å². The molecule has 0 aliphatic carbocycles. The van der Waals surface area contributed by atoms with E-state index in [1.54, 1.807) is 7.05 Å². The summed E-state index contributed by atoms with van der Waals surface area (Å²) in [7, 11) is 1.66. The minimum atomic E-state index is -0.647. The molecule has 0 saturated carbocycles. The smallest absolute Gasteiger partial charge is 0.410 e. The van der Waals surface area contributed by atoms with E-state index in [0.29, 0.717) is 19.5 Å². The summed E-state index contributed by atoms with van der Waals surface area (Å²) in [6.07, 6.45) is 0.761. The number of benzene rings is 3. The van der Waals surface area contributed by atoms with Gasteiger partial charge in [-0.05, 0) is 54.7 Å². The Kier molecular flexibility index (Phi) is 6.41. The summed E-state index contributed by atoms with van der Waals surface area (Å²) in [5.41, 5.74) is 2.83. The van der Waals surface area contributed by atoms with Crippen molar-refractivity contribution in [1.29, 1.82) is 0 Å². The molecule has 0 saturated heterocycles. The first-order chi connectivity index (χ1) is 15.7. The van der Waals surface area contributed by atoms with Gasteiger partial charge < -0.3 is 9.64 Å². The highest BCUT2D eigenvalue weighted by atomic mass is 16.6. The van der Waals surface area contributed by atoms with E-state index in [4.69, 9.17) is 4.74 Å². The van der Waals surface area contributed by atoms with Gasteiger partial charge >= 0.3 is 6.09 Å². The van der Waals surface area contributed by atoms with E-state index in [9.17, 15) is 9.59 Å². The molecular weight excluding hydrogens is 412 g/mol. The van der Waals surface area contributed by atoms with Crippen LogP contribution in [-0.4, -0.2) is 47.0 Å². The van der Waals surface area contributed by atoms with Crippen LogP contribution >= 0.6 is 0 Å². The maximum Gasteiger partial charge on any atom is 0.410 e. The summed E-state index contributed by atoms with van der Waals surface area (Å²) in [6, 6.07) is 22.0. The van der Waals surface area contributed by atoms with Gasteiger partial charge in [0, 0.05) is 26.6 Å². The molecule has 1 atom stereocenters. The summed E-state index contributed by atoms with van der Waals surface area (Å²) >= 11 is 0. The number of hydrogen-bond acceptors (Lipinski definition) is 3. The Hall–Kier alpha value is -3.34. The van der Waals surface area contributed by atoms with Crippen LogP contribution in [0.15, 0.2) is 66.7 Å². The van der Waals surface area contributed by atoms with Crippen LogP contribution in [0.25, 0.3) is 10.8 Å². The van der Waals surface area contributed by atoms with Crippen molar-refractivity contribution < 1.29 is 14.3 Å². The first-order valence-electron chi connectivity index (χ1n) is 11.5. The standard InChI is InChI=1S/C28H32N2O3/c1-28(2,3)33-27(32)29(4)25(18-20-13-14-21-9-5-7-11-23(21)17-20)26(31)30-16-15-22-10-6-8-12-24(22)19-30/h5-14,17,25H,15-16,18-19H2,1-4H3. The Labute approximate surface area is 195 Å². The molecule has 3 aromatic carbocycles. The van der Waals surface area contributed by atoms with Crippen LogP contribution in [0, 0.1) is 0 Å². The second-order valence-electron chi connectivity index (χ2n) is 9.77. The minimum Gasteiger partial charge on any atom is -0.444 e. The van der Waals surface area contributed by atoms with E-state index in [1.807, 2.05) is 56.0 Å². The number of amides is 2. The summed E-state index contributed by atoms with van der Waals surface area (Å²) < 4.78 is 5.60. The number of carbonyl (C=O) groups is 2. The maximum absolute atomic E-state index is 13.8. The molecule has 1 heterocycles. The van der Waals surface area contributed by atoms with Crippen molar-refractivity contribution in [3.8, 4) is 0 Å². The van der Waals surface area contributed by atoms with Gasteiger partial charge in [0.2, 0.25) is 5.91 Å². The summed E-state index contributed by atoms with van der Waals surface area (Å²) in [5.74, 6) is -0.0500. The van der Waals surface area contributed by atoms with Crippen LogP contribution in [0.5, 0.6) is 0 Å². The van der Waals surface area contributed by atoms with Crippen LogP contribution in [0.3, 0.4) is 0 Å². The fourth-order valence-corrected chi connectivity index (χ4v) is 4.33. The predicted octanol–water partition coefficient (Wildman–Crippen LogP) is 5.20. The molecule has 1 aliphatic rings. The van der Waals surface area contributed by atoms with Gasteiger partial charge in [0.15, 0.2) is 0 Å². The molecule has 0 aromatic heterocycles. The Bertz CT molecular complexity index is 1170. The molecule has 1 aliphatic heterocycles. The normalized spacial score (nSPS) is 14.5. The molecule has 0 radical (unpaired) electrons. The topological polar surface area (TPSA) is 49.9 Å². The van der Waals surface area contributed by atoms with Gasteiger partial charge in [-0.2, -0.15) is 0 Å². The molecule has 1 unspecified atom stereocenters. The number of likely N-dealkylation sites (N-methyl/N-ethyl adjacent to an activating group) is 1. The molecule has 0 bridgehead atoms. The number of rotatable bonds is 4. The summed E-state index contributed by atoms with van der Waals surface area (Å²) in [5, 5.41) is 2.27. The highest BCUT2D eigenvalue weighted by Gasteiger charge is 2.34. The third-order valence-corrected chi connectivity index (χ3v) is 6.12. The lowest BCUT2D eigenvalue weighted by Crippen LogP contribution is -2.52. The first-order valence-corrected chi connectivity index (χ1v) is 11.5. The quantitative estimate of drug-likeness (QED) is 0.556. The Morgan fingerprint density at radius 3 is 2.36 bits per heavy atom. The van der Waals surface area contributed by atoms with Crippen molar-refractivity contribution in [2.75, 3.05) is 13.6 Å². The number of ether oxygens (including phenoxy) is 1. The van der Waals surface area contributed by atoms with E-state index < -0.39 is 17.7 Å². The molecule has 0 N–H and O–H groups in total. The van der Waals surface area contributed by atoms with Crippen LogP contribution in [0.4, 0.5) is 4.79 Å². The first kappa shape index (κ1) is 22.8. The molecule has 5 heteroatoms. The van der Waals surface area contributed by atoms with Crippen molar-refractivity contribution in [2.24, 2.45) is 0 Å². The lowest BCUT2D eigenvalue weighted by Gasteiger charge is -2.36. The predicted molar refractivity (Wildman–Crippen MR) is 131 cm³/mol. The summed E-state index contributed by atoms with van der Waals surface area (Å²) in [6.45, 7) is 6.71. The zero-order chi connectivity index (χ0) is 23.6. The van der Waals surface area contributed by atoms with Gasteiger partial charge in [0.05, 0.1) is 0 Å². The molecule has 0 fully saturated rings. The van der Waals surface area contributed by atoms with Crippen molar-refractivity contribution in [2.45, 2.75) is 51.8 Å². The van der Waals surface area contributed by atoms with Crippen molar-refractivity contribution in [1.82, 2.24) is 9.80 Å². The van der Waals surface area contributed by atoms with Crippen LogP contribution in [0.2, 0.25) is 0 Å². The Morgan fingerprint density at radius 1 is 0.970 bits per heavy atom. The van der Waals surface area contributed by atoms with Gasteiger partial charge in [-0.3, -0.25) is 9.69 Å². The highest BCUT2D eigenvalue weighted by Crippen LogP contribution is 2.23. The fraction of sp³-hybridized carbons (Fsp3) is 0.357. The lowest BCUT2D eigenvalue weighted by molar-refractivity contribution is -0.137. The largest absolute Gasteiger partial charge is 0.444 e. The van der Waals surface area contributed by atoms with E-state index >= 15 is 0 Å². The molecule has 5 nitrogen and oxygen atoms in total. The van der Waals surface area contributed by atoms with Crippen molar-refractivity contribution in [3.63, 3.8) is 0 Å².